The fraction of sp³-hybridized carbons (Fsp3) is 0.294. The molecule has 0 spiro atoms. The van der Waals surface area contributed by atoms with Crippen LogP contribution in [-0.4, -0.2) is 22.1 Å². The predicted molar refractivity (Wildman–Crippen MR) is 95.4 cm³/mol. The van der Waals surface area contributed by atoms with Crippen molar-refractivity contribution in [2.75, 3.05) is 13.7 Å². The van der Waals surface area contributed by atoms with Gasteiger partial charge < -0.3 is 4.74 Å². The molecule has 0 aliphatic rings. The zero-order valence-corrected chi connectivity index (χ0v) is 15.6. The number of nitrogens with one attached hydrogen (secondary N) is 1. The van der Waals surface area contributed by atoms with E-state index in [0.717, 1.165) is 12.8 Å². The molecule has 0 heterocycles. The number of ether oxygens (including phenoxy) is 1. The quantitative estimate of drug-likeness (QED) is 0.724. The molecule has 0 radical (unpaired) electrons. The lowest BCUT2D eigenvalue weighted by Gasteiger charge is -2.11. The van der Waals surface area contributed by atoms with Crippen molar-refractivity contribution in [2.45, 2.75) is 24.7 Å². The molecule has 0 aromatic heterocycles. The third-order valence-corrected chi connectivity index (χ3v) is 5.45. The van der Waals surface area contributed by atoms with E-state index >= 15 is 0 Å². The summed E-state index contributed by atoms with van der Waals surface area (Å²) >= 11 is 3.29. The Morgan fingerprint density at radius 2 is 1.83 bits per heavy atom. The van der Waals surface area contributed by atoms with Crippen LogP contribution in [-0.2, 0) is 16.4 Å². The second-order valence-corrected chi connectivity index (χ2v) is 7.93. The number of benzene rings is 2. The smallest absolute Gasteiger partial charge is 0.244 e. The molecule has 0 aliphatic heterocycles. The van der Waals surface area contributed by atoms with Gasteiger partial charge in [-0.15, -0.1) is 0 Å². The highest BCUT2D eigenvalue weighted by Crippen LogP contribution is 2.27. The Kier molecular flexibility index (Phi) is 6.21. The number of aryl methyl sites for hydroxylation is 2. The third-order valence-electron chi connectivity index (χ3n) is 3.47. The van der Waals surface area contributed by atoms with Crippen LogP contribution in [0.2, 0.25) is 0 Å². The maximum absolute atomic E-state index is 12.4. The minimum atomic E-state index is -3.59. The van der Waals surface area contributed by atoms with Crippen LogP contribution >= 0.6 is 15.9 Å². The number of methoxy groups -OCH3 is 1. The first-order chi connectivity index (χ1) is 10.9. The van der Waals surface area contributed by atoms with Crippen molar-refractivity contribution in [1.29, 1.82) is 0 Å². The van der Waals surface area contributed by atoms with Gasteiger partial charge in [0.2, 0.25) is 10.0 Å². The summed E-state index contributed by atoms with van der Waals surface area (Å²) in [5.41, 5.74) is 2.42. The normalized spacial score (nSPS) is 11.4. The molecule has 0 saturated carbocycles. The van der Waals surface area contributed by atoms with Crippen LogP contribution in [0.4, 0.5) is 0 Å². The Bertz CT molecular complexity index is 758. The lowest BCUT2D eigenvalue weighted by Crippen LogP contribution is -2.25. The molecule has 2 aromatic rings. The van der Waals surface area contributed by atoms with Crippen LogP contribution < -0.4 is 9.46 Å². The molecule has 0 bridgehead atoms. The molecule has 2 rings (SSSR count). The average molecular weight is 398 g/mol. The van der Waals surface area contributed by atoms with Crippen LogP contribution in [0.15, 0.2) is 51.8 Å². The first kappa shape index (κ1) is 18.0. The van der Waals surface area contributed by atoms with Crippen molar-refractivity contribution in [1.82, 2.24) is 4.72 Å². The first-order valence-electron chi connectivity index (χ1n) is 7.31. The van der Waals surface area contributed by atoms with E-state index in [-0.39, 0.29) is 4.90 Å². The molecule has 0 atom stereocenters. The van der Waals surface area contributed by atoms with E-state index in [0.29, 0.717) is 16.8 Å². The van der Waals surface area contributed by atoms with E-state index in [9.17, 15) is 8.42 Å². The van der Waals surface area contributed by atoms with Crippen LogP contribution in [0.5, 0.6) is 5.75 Å². The van der Waals surface area contributed by atoms with Crippen LogP contribution in [0, 0.1) is 6.92 Å². The molecule has 0 fully saturated rings. The van der Waals surface area contributed by atoms with Gasteiger partial charge in [0.25, 0.3) is 0 Å². The molecule has 2 aromatic carbocycles. The molecule has 124 valence electrons. The molecule has 4 nitrogen and oxygen atoms in total. The van der Waals surface area contributed by atoms with Crippen molar-refractivity contribution in [3.8, 4) is 5.75 Å². The average Bonchev–Trinajstić information content (AvgIpc) is 2.53. The van der Waals surface area contributed by atoms with E-state index in [1.165, 1.54) is 18.2 Å². The number of rotatable bonds is 7. The minimum absolute atomic E-state index is 0.143. The SMILES string of the molecule is COc1ccc(Br)cc1S(=O)(=O)NCCCc1ccc(C)cc1. The van der Waals surface area contributed by atoms with Crippen LogP contribution in [0.3, 0.4) is 0 Å². The largest absolute Gasteiger partial charge is 0.495 e. The lowest BCUT2D eigenvalue weighted by molar-refractivity contribution is 0.402. The van der Waals surface area contributed by atoms with Gasteiger partial charge in [0.1, 0.15) is 10.6 Å². The number of hydrogen-bond donors (Lipinski definition) is 1. The summed E-state index contributed by atoms with van der Waals surface area (Å²) in [7, 11) is -2.13. The summed E-state index contributed by atoms with van der Waals surface area (Å²) in [5, 5.41) is 0. The summed E-state index contributed by atoms with van der Waals surface area (Å²) in [6.07, 6.45) is 1.57. The van der Waals surface area contributed by atoms with Gasteiger partial charge in [-0.1, -0.05) is 45.8 Å². The van der Waals surface area contributed by atoms with Gasteiger partial charge in [-0.3, -0.25) is 0 Å². The summed E-state index contributed by atoms with van der Waals surface area (Å²) in [4.78, 5) is 0.143. The summed E-state index contributed by atoms with van der Waals surface area (Å²) < 4.78 is 33.3. The van der Waals surface area contributed by atoms with Gasteiger partial charge in [-0.05, 0) is 43.5 Å². The molecular weight excluding hydrogens is 378 g/mol. The number of hydrogen-bond acceptors (Lipinski definition) is 3. The maximum atomic E-state index is 12.4. The standard InChI is InChI=1S/C17H20BrNO3S/c1-13-5-7-14(8-6-13)4-3-11-19-23(20,21)17-12-15(18)9-10-16(17)22-2/h5-10,12,19H,3-4,11H2,1-2H3. The van der Waals surface area contributed by atoms with E-state index in [2.05, 4.69) is 44.9 Å². The Labute approximate surface area is 146 Å². The molecule has 1 N–H and O–H groups in total. The second kappa shape index (κ2) is 7.95. The topological polar surface area (TPSA) is 55.4 Å². The van der Waals surface area contributed by atoms with E-state index < -0.39 is 10.0 Å². The van der Waals surface area contributed by atoms with E-state index in [1.54, 1.807) is 18.2 Å². The zero-order valence-electron chi connectivity index (χ0n) is 13.2. The Morgan fingerprint density at radius 3 is 2.48 bits per heavy atom. The van der Waals surface area contributed by atoms with E-state index in [4.69, 9.17) is 4.74 Å². The van der Waals surface area contributed by atoms with Gasteiger partial charge >= 0.3 is 0 Å². The Morgan fingerprint density at radius 1 is 1.13 bits per heavy atom. The van der Waals surface area contributed by atoms with Crippen molar-refractivity contribution >= 4 is 26.0 Å². The second-order valence-electron chi connectivity index (χ2n) is 5.28. The van der Waals surface area contributed by atoms with Crippen molar-refractivity contribution in [3.63, 3.8) is 0 Å². The first-order valence-corrected chi connectivity index (χ1v) is 9.59. The Balaban J connectivity index is 1.96. The van der Waals surface area contributed by atoms with Gasteiger partial charge in [0.15, 0.2) is 0 Å². The van der Waals surface area contributed by atoms with Crippen LogP contribution in [0.1, 0.15) is 17.5 Å². The molecule has 23 heavy (non-hydrogen) atoms. The molecule has 0 saturated heterocycles. The van der Waals surface area contributed by atoms with E-state index in [1.807, 2.05) is 6.92 Å². The monoisotopic (exact) mass is 397 g/mol. The van der Waals surface area contributed by atoms with Gasteiger partial charge in [0.05, 0.1) is 7.11 Å². The van der Waals surface area contributed by atoms with Gasteiger partial charge in [-0.2, -0.15) is 0 Å². The fourth-order valence-corrected chi connectivity index (χ4v) is 3.97. The number of sulfonamides is 1. The number of halogens is 1. The molecule has 0 amide bonds. The van der Waals surface area contributed by atoms with Crippen molar-refractivity contribution < 1.29 is 13.2 Å². The van der Waals surface area contributed by atoms with Crippen molar-refractivity contribution in [2.24, 2.45) is 0 Å². The summed E-state index contributed by atoms with van der Waals surface area (Å²) in [6.45, 7) is 2.43. The van der Waals surface area contributed by atoms with Gasteiger partial charge in [-0.25, -0.2) is 13.1 Å². The summed E-state index contributed by atoms with van der Waals surface area (Å²) in [5.74, 6) is 0.333. The minimum Gasteiger partial charge on any atom is -0.495 e. The lowest BCUT2D eigenvalue weighted by atomic mass is 10.1. The zero-order chi connectivity index (χ0) is 16.9. The molecule has 6 heteroatoms. The fourth-order valence-electron chi connectivity index (χ4n) is 2.19. The predicted octanol–water partition coefficient (Wildman–Crippen LogP) is 3.68. The van der Waals surface area contributed by atoms with Gasteiger partial charge in [0, 0.05) is 11.0 Å². The highest BCUT2D eigenvalue weighted by molar-refractivity contribution is 9.10. The highest BCUT2D eigenvalue weighted by atomic mass is 79.9. The van der Waals surface area contributed by atoms with Crippen LogP contribution in [0.25, 0.3) is 0 Å². The molecular formula is C17H20BrNO3S. The molecule has 0 aliphatic carbocycles. The highest BCUT2D eigenvalue weighted by Gasteiger charge is 2.19. The summed E-state index contributed by atoms with van der Waals surface area (Å²) in [6, 6.07) is 13.2. The van der Waals surface area contributed by atoms with Crippen molar-refractivity contribution in [3.05, 3.63) is 58.1 Å². The third kappa shape index (κ3) is 5.06. The maximum Gasteiger partial charge on any atom is 0.244 e. The Hall–Kier alpha value is -1.37. The molecule has 0 unspecified atom stereocenters.